The second kappa shape index (κ2) is 6.79. The number of benzene rings is 1. The Balaban J connectivity index is 1.72. The van der Waals surface area contributed by atoms with Crippen molar-refractivity contribution in [2.45, 2.75) is 19.8 Å². The molecule has 1 aromatic carbocycles. The lowest BCUT2D eigenvalue weighted by Crippen LogP contribution is -2.11. The first-order valence-electron chi connectivity index (χ1n) is 7.32. The van der Waals surface area contributed by atoms with E-state index >= 15 is 0 Å². The molecule has 0 radical (unpaired) electrons. The first kappa shape index (κ1) is 16.1. The molecule has 0 atom stereocenters. The Bertz CT molecular complexity index is 839. The maximum Gasteiger partial charge on any atom is 0.279 e. The molecule has 0 spiro atoms. The van der Waals surface area contributed by atoms with E-state index in [1.807, 2.05) is 38.1 Å². The number of hydrogen-bond donors (Lipinski definition) is 1. The zero-order chi connectivity index (χ0) is 17.1. The highest BCUT2D eigenvalue weighted by molar-refractivity contribution is 7.15. The lowest BCUT2D eigenvalue weighted by atomic mass is 10.1. The molecule has 8 heteroatoms. The molecule has 7 nitrogen and oxygen atoms in total. The molecule has 0 saturated heterocycles. The van der Waals surface area contributed by atoms with Gasteiger partial charge in [0.05, 0.1) is 7.11 Å². The van der Waals surface area contributed by atoms with Gasteiger partial charge in [-0.2, -0.15) is 0 Å². The molecule has 0 aliphatic rings. The van der Waals surface area contributed by atoms with Crippen molar-refractivity contribution in [3.63, 3.8) is 0 Å². The summed E-state index contributed by atoms with van der Waals surface area (Å²) in [5.74, 6) is 1.13. The number of hydrogen-bond acceptors (Lipinski definition) is 7. The average Bonchev–Trinajstić information content (AvgIpc) is 3.24. The van der Waals surface area contributed by atoms with E-state index in [1.165, 1.54) is 11.3 Å². The van der Waals surface area contributed by atoms with Crippen molar-refractivity contribution in [1.29, 1.82) is 0 Å². The summed E-state index contributed by atoms with van der Waals surface area (Å²) in [6.07, 6.45) is 0. The number of anilines is 1. The summed E-state index contributed by atoms with van der Waals surface area (Å²) in [6, 6.07) is 8.88. The summed E-state index contributed by atoms with van der Waals surface area (Å²) >= 11 is 1.34. The van der Waals surface area contributed by atoms with Gasteiger partial charge in [-0.05, 0) is 24.3 Å². The number of nitrogens with one attached hydrogen (secondary N) is 1. The Labute approximate surface area is 142 Å². The number of amides is 1. The summed E-state index contributed by atoms with van der Waals surface area (Å²) in [4.78, 5) is 12.2. The predicted molar refractivity (Wildman–Crippen MR) is 90.4 cm³/mol. The van der Waals surface area contributed by atoms with E-state index in [2.05, 4.69) is 20.7 Å². The monoisotopic (exact) mass is 344 g/mol. The number of nitrogens with zero attached hydrogens (tertiary/aromatic N) is 3. The van der Waals surface area contributed by atoms with Crippen molar-refractivity contribution in [3.05, 3.63) is 41.0 Å². The molecule has 0 saturated carbocycles. The summed E-state index contributed by atoms with van der Waals surface area (Å²) in [6.45, 7) is 4.04. The van der Waals surface area contributed by atoms with Gasteiger partial charge in [0.15, 0.2) is 11.5 Å². The smallest absolute Gasteiger partial charge is 0.279 e. The van der Waals surface area contributed by atoms with E-state index in [9.17, 15) is 4.79 Å². The fraction of sp³-hybridized carbons (Fsp3) is 0.250. The number of methoxy groups -OCH3 is 1. The first-order valence-corrected chi connectivity index (χ1v) is 8.14. The van der Waals surface area contributed by atoms with Crippen molar-refractivity contribution in [2.24, 2.45) is 0 Å². The van der Waals surface area contributed by atoms with Gasteiger partial charge in [-0.3, -0.25) is 10.1 Å². The van der Waals surface area contributed by atoms with Crippen LogP contribution in [0, 0.1) is 0 Å². The number of rotatable bonds is 5. The largest absolute Gasteiger partial charge is 0.497 e. The molecule has 124 valence electrons. The highest BCUT2D eigenvalue weighted by atomic mass is 32.1. The molecule has 2 heterocycles. The molecule has 3 rings (SSSR count). The van der Waals surface area contributed by atoms with E-state index in [1.54, 1.807) is 13.2 Å². The Morgan fingerprint density at radius 3 is 2.62 bits per heavy atom. The molecule has 3 aromatic rings. The molecule has 0 bridgehead atoms. The third kappa shape index (κ3) is 3.43. The zero-order valence-electron chi connectivity index (χ0n) is 13.4. The molecule has 0 aliphatic heterocycles. The average molecular weight is 344 g/mol. The minimum atomic E-state index is -0.384. The summed E-state index contributed by atoms with van der Waals surface area (Å²) in [5.41, 5.74) is 0.988. The molecule has 0 aliphatic carbocycles. The summed E-state index contributed by atoms with van der Waals surface area (Å²) < 4.78 is 10.4. The molecule has 2 aromatic heterocycles. The molecule has 0 unspecified atom stereocenters. The fourth-order valence-corrected chi connectivity index (χ4v) is 2.69. The van der Waals surface area contributed by atoms with Crippen LogP contribution in [0.15, 0.2) is 34.9 Å². The molecular formula is C16H16N4O3S. The van der Waals surface area contributed by atoms with E-state index in [0.717, 1.165) is 16.3 Å². The van der Waals surface area contributed by atoms with Gasteiger partial charge in [0.25, 0.3) is 5.91 Å². The van der Waals surface area contributed by atoms with Crippen LogP contribution in [0.4, 0.5) is 5.13 Å². The standard InChI is InChI=1S/C16H16N4O3S/c1-9(2)15-18-19-16(24-15)17-14(21)12-8-13(23-20-12)10-4-6-11(22-3)7-5-10/h4-9H,1-3H3,(H,17,19,21). The number of ether oxygens (including phenoxy) is 1. The van der Waals surface area contributed by atoms with Crippen LogP contribution in [0.5, 0.6) is 5.75 Å². The van der Waals surface area contributed by atoms with Crippen LogP contribution in [-0.2, 0) is 0 Å². The van der Waals surface area contributed by atoms with Crippen molar-refractivity contribution < 1.29 is 14.1 Å². The van der Waals surface area contributed by atoms with E-state index < -0.39 is 0 Å². The minimum Gasteiger partial charge on any atom is -0.497 e. The quantitative estimate of drug-likeness (QED) is 0.761. The maximum atomic E-state index is 12.2. The van der Waals surface area contributed by atoms with Gasteiger partial charge in [-0.15, -0.1) is 10.2 Å². The van der Waals surface area contributed by atoms with E-state index in [4.69, 9.17) is 9.26 Å². The van der Waals surface area contributed by atoms with Crippen LogP contribution in [-0.4, -0.2) is 28.4 Å². The molecule has 1 N–H and O–H groups in total. The zero-order valence-corrected chi connectivity index (χ0v) is 14.3. The van der Waals surface area contributed by atoms with Crippen molar-refractivity contribution >= 4 is 22.4 Å². The van der Waals surface area contributed by atoms with Crippen molar-refractivity contribution in [2.75, 3.05) is 12.4 Å². The Morgan fingerprint density at radius 1 is 1.25 bits per heavy atom. The van der Waals surface area contributed by atoms with Gasteiger partial charge in [-0.1, -0.05) is 30.3 Å². The Hall–Kier alpha value is -2.74. The van der Waals surface area contributed by atoms with Crippen molar-refractivity contribution in [1.82, 2.24) is 15.4 Å². The normalized spacial score (nSPS) is 10.8. The van der Waals surface area contributed by atoms with Gasteiger partial charge in [0, 0.05) is 17.5 Å². The van der Waals surface area contributed by atoms with Crippen LogP contribution in [0.25, 0.3) is 11.3 Å². The van der Waals surface area contributed by atoms with Gasteiger partial charge >= 0.3 is 0 Å². The Kier molecular flexibility index (Phi) is 4.57. The molecule has 1 amide bonds. The third-order valence-electron chi connectivity index (χ3n) is 3.27. The van der Waals surface area contributed by atoms with Gasteiger partial charge < -0.3 is 9.26 Å². The molecular weight excluding hydrogens is 328 g/mol. The number of aromatic nitrogens is 3. The van der Waals surface area contributed by atoms with Gasteiger partial charge in [0.1, 0.15) is 10.8 Å². The highest BCUT2D eigenvalue weighted by Crippen LogP contribution is 2.25. The lowest BCUT2D eigenvalue weighted by molar-refractivity contribution is 0.101. The third-order valence-corrected chi connectivity index (χ3v) is 4.41. The maximum absolute atomic E-state index is 12.2. The van der Waals surface area contributed by atoms with Gasteiger partial charge in [-0.25, -0.2) is 0 Å². The van der Waals surface area contributed by atoms with Gasteiger partial charge in [0.2, 0.25) is 5.13 Å². The number of carbonyl (C=O) groups is 1. The second-order valence-electron chi connectivity index (χ2n) is 5.36. The fourth-order valence-electron chi connectivity index (χ4n) is 1.95. The predicted octanol–water partition coefficient (Wildman–Crippen LogP) is 3.58. The van der Waals surface area contributed by atoms with Crippen LogP contribution in [0.1, 0.15) is 35.3 Å². The van der Waals surface area contributed by atoms with Crippen LogP contribution >= 0.6 is 11.3 Å². The van der Waals surface area contributed by atoms with E-state index in [0.29, 0.717) is 10.9 Å². The minimum absolute atomic E-state index is 0.183. The summed E-state index contributed by atoms with van der Waals surface area (Å²) in [7, 11) is 1.60. The lowest BCUT2D eigenvalue weighted by Gasteiger charge is -1.99. The Morgan fingerprint density at radius 2 is 2.00 bits per heavy atom. The molecule has 0 fully saturated rings. The van der Waals surface area contributed by atoms with Crippen molar-refractivity contribution in [3.8, 4) is 17.1 Å². The van der Waals surface area contributed by atoms with Crippen LogP contribution < -0.4 is 10.1 Å². The SMILES string of the molecule is COc1ccc(-c2cc(C(=O)Nc3nnc(C(C)C)s3)no2)cc1. The summed E-state index contributed by atoms with van der Waals surface area (Å²) in [5, 5.41) is 15.8. The van der Waals surface area contributed by atoms with E-state index in [-0.39, 0.29) is 17.5 Å². The van der Waals surface area contributed by atoms with Crippen LogP contribution in [0.3, 0.4) is 0 Å². The molecule has 24 heavy (non-hydrogen) atoms. The number of carbonyl (C=O) groups excluding carboxylic acids is 1. The topological polar surface area (TPSA) is 90.1 Å². The highest BCUT2D eigenvalue weighted by Gasteiger charge is 2.16. The first-order chi connectivity index (χ1) is 11.6. The second-order valence-corrected chi connectivity index (χ2v) is 6.37. The van der Waals surface area contributed by atoms with Crippen LogP contribution in [0.2, 0.25) is 0 Å².